The van der Waals surface area contributed by atoms with E-state index in [-0.39, 0.29) is 12.5 Å². The Balaban J connectivity index is 2.27. The van der Waals surface area contributed by atoms with Gasteiger partial charge in [0, 0.05) is 23.5 Å². The summed E-state index contributed by atoms with van der Waals surface area (Å²) in [6.07, 6.45) is 0.169. The minimum absolute atomic E-state index is 0.0144. The third-order valence-corrected chi connectivity index (χ3v) is 3.33. The van der Waals surface area contributed by atoms with E-state index in [0.717, 1.165) is 10.2 Å². The lowest BCUT2D eigenvalue weighted by atomic mass is 10.1. The number of benzene rings is 1. The van der Waals surface area contributed by atoms with Crippen molar-refractivity contribution in [3.8, 4) is 5.75 Å². The first-order valence-electron chi connectivity index (χ1n) is 7.26. The van der Waals surface area contributed by atoms with E-state index in [1.807, 2.05) is 45.0 Å². The van der Waals surface area contributed by atoms with Gasteiger partial charge in [-0.2, -0.15) is 0 Å². The number of carbonyl (C=O) groups is 1. The summed E-state index contributed by atoms with van der Waals surface area (Å²) in [6, 6.07) is 7.56. The molecule has 0 radical (unpaired) electrons. The monoisotopic (exact) mass is 373 g/mol. The first kappa shape index (κ1) is 18.8. The Labute approximate surface area is 140 Å². The molecule has 0 saturated carbocycles. The number of rotatable bonds is 7. The molecule has 2 N–H and O–H groups in total. The Bertz CT molecular complexity index is 456. The molecule has 1 rings (SSSR count). The standard InChI is InChI=1S/C16H24BrNO4/c1-16(2,3)22-15(20)18-10-12(11-19)8-9-21-14-6-4-13(17)5-7-14/h4-7,12,19H,8-11H2,1-3H3,(H,18,20). The van der Waals surface area contributed by atoms with Crippen molar-refractivity contribution in [2.75, 3.05) is 19.8 Å². The van der Waals surface area contributed by atoms with Crippen LogP contribution in [0.15, 0.2) is 28.7 Å². The summed E-state index contributed by atoms with van der Waals surface area (Å²) < 4.78 is 11.8. The first-order chi connectivity index (χ1) is 10.3. The third kappa shape index (κ3) is 8.24. The minimum Gasteiger partial charge on any atom is -0.494 e. The summed E-state index contributed by atoms with van der Waals surface area (Å²) in [5.74, 6) is 0.711. The summed E-state index contributed by atoms with van der Waals surface area (Å²) in [7, 11) is 0. The lowest BCUT2D eigenvalue weighted by Gasteiger charge is -2.21. The first-order valence-corrected chi connectivity index (χ1v) is 8.05. The molecule has 0 aliphatic rings. The topological polar surface area (TPSA) is 67.8 Å². The van der Waals surface area contributed by atoms with Crippen LogP contribution < -0.4 is 10.1 Å². The maximum Gasteiger partial charge on any atom is 0.407 e. The van der Waals surface area contributed by atoms with E-state index in [1.54, 1.807) is 0 Å². The molecule has 1 atom stereocenters. The molecule has 1 amide bonds. The summed E-state index contributed by atoms with van der Waals surface area (Å²) in [5, 5.41) is 12.0. The fraction of sp³-hybridized carbons (Fsp3) is 0.562. The quantitative estimate of drug-likeness (QED) is 0.768. The molecule has 0 spiro atoms. The van der Waals surface area contributed by atoms with Crippen LogP contribution in [0.2, 0.25) is 0 Å². The predicted octanol–water partition coefficient (Wildman–Crippen LogP) is 3.35. The van der Waals surface area contributed by atoms with Crippen LogP contribution in [0.1, 0.15) is 27.2 Å². The van der Waals surface area contributed by atoms with Gasteiger partial charge >= 0.3 is 6.09 Å². The number of carbonyl (C=O) groups excluding carboxylic acids is 1. The molecule has 0 fully saturated rings. The van der Waals surface area contributed by atoms with Gasteiger partial charge in [0.1, 0.15) is 11.4 Å². The Hall–Kier alpha value is -1.27. The van der Waals surface area contributed by atoms with Crippen LogP contribution in [-0.4, -0.2) is 36.6 Å². The molecular weight excluding hydrogens is 350 g/mol. The number of hydrogen-bond acceptors (Lipinski definition) is 4. The van der Waals surface area contributed by atoms with Crippen LogP contribution in [0, 0.1) is 5.92 Å². The molecule has 0 bridgehead atoms. The van der Waals surface area contributed by atoms with E-state index in [1.165, 1.54) is 0 Å². The number of aliphatic hydroxyl groups is 1. The largest absolute Gasteiger partial charge is 0.494 e. The maximum absolute atomic E-state index is 11.6. The third-order valence-electron chi connectivity index (χ3n) is 2.80. The second-order valence-corrected chi connectivity index (χ2v) is 6.94. The Morgan fingerprint density at radius 2 is 1.95 bits per heavy atom. The van der Waals surface area contributed by atoms with Gasteiger partial charge in [0.05, 0.1) is 6.61 Å². The normalized spacial score (nSPS) is 12.6. The zero-order chi connectivity index (χ0) is 16.6. The van der Waals surface area contributed by atoms with Gasteiger partial charge in [0.15, 0.2) is 0 Å². The lowest BCUT2D eigenvalue weighted by Crippen LogP contribution is -2.36. The Morgan fingerprint density at radius 3 is 2.50 bits per heavy atom. The van der Waals surface area contributed by atoms with Crippen LogP contribution in [0.5, 0.6) is 5.75 Å². The molecule has 1 aromatic rings. The van der Waals surface area contributed by atoms with Gasteiger partial charge < -0.3 is 19.9 Å². The van der Waals surface area contributed by atoms with Crippen LogP contribution in [0.3, 0.4) is 0 Å². The highest BCUT2D eigenvalue weighted by Crippen LogP contribution is 2.16. The molecule has 0 saturated heterocycles. The van der Waals surface area contributed by atoms with Gasteiger partial charge in [0.25, 0.3) is 0 Å². The molecule has 22 heavy (non-hydrogen) atoms. The number of ether oxygens (including phenoxy) is 2. The zero-order valence-corrected chi connectivity index (χ0v) is 14.9. The molecule has 5 nitrogen and oxygen atoms in total. The fourth-order valence-corrected chi connectivity index (χ4v) is 1.94. The predicted molar refractivity (Wildman–Crippen MR) is 89.1 cm³/mol. The van der Waals surface area contributed by atoms with Crippen molar-refractivity contribution in [1.82, 2.24) is 5.32 Å². The van der Waals surface area contributed by atoms with Crippen molar-refractivity contribution in [2.45, 2.75) is 32.8 Å². The van der Waals surface area contributed by atoms with E-state index in [0.29, 0.717) is 19.6 Å². The van der Waals surface area contributed by atoms with Crippen molar-refractivity contribution in [3.63, 3.8) is 0 Å². The average molecular weight is 374 g/mol. The Morgan fingerprint density at radius 1 is 1.32 bits per heavy atom. The number of alkyl carbamates (subject to hydrolysis) is 1. The molecule has 6 heteroatoms. The van der Waals surface area contributed by atoms with E-state index in [4.69, 9.17) is 9.47 Å². The molecule has 0 aliphatic heterocycles. The summed E-state index contributed by atoms with van der Waals surface area (Å²) in [6.45, 7) is 6.24. The lowest BCUT2D eigenvalue weighted by molar-refractivity contribution is 0.0508. The molecule has 1 aromatic carbocycles. The van der Waals surface area contributed by atoms with Gasteiger partial charge in [-0.3, -0.25) is 0 Å². The molecule has 0 heterocycles. The molecular formula is C16H24BrNO4. The average Bonchev–Trinajstić information content (AvgIpc) is 2.42. The van der Waals surface area contributed by atoms with E-state index in [2.05, 4.69) is 21.2 Å². The van der Waals surface area contributed by atoms with Crippen molar-refractivity contribution in [2.24, 2.45) is 5.92 Å². The van der Waals surface area contributed by atoms with Gasteiger partial charge in [0.2, 0.25) is 0 Å². The van der Waals surface area contributed by atoms with Gasteiger partial charge in [-0.05, 0) is 51.5 Å². The van der Waals surface area contributed by atoms with Gasteiger partial charge in [-0.15, -0.1) is 0 Å². The summed E-state index contributed by atoms with van der Waals surface area (Å²) in [5.41, 5.74) is -0.524. The highest BCUT2D eigenvalue weighted by atomic mass is 79.9. The van der Waals surface area contributed by atoms with Crippen molar-refractivity contribution in [3.05, 3.63) is 28.7 Å². The second kappa shape index (κ2) is 9.00. The van der Waals surface area contributed by atoms with Crippen LogP contribution in [0.4, 0.5) is 4.79 Å². The number of nitrogens with one attached hydrogen (secondary N) is 1. The summed E-state index contributed by atoms with van der Waals surface area (Å²) >= 11 is 3.36. The minimum atomic E-state index is -0.524. The van der Waals surface area contributed by atoms with E-state index < -0.39 is 11.7 Å². The maximum atomic E-state index is 11.6. The van der Waals surface area contributed by atoms with E-state index in [9.17, 15) is 9.90 Å². The van der Waals surface area contributed by atoms with Crippen molar-refractivity contribution in [1.29, 1.82) is 0 Å². The van der Waals surface area contributed by atoms with Crippen LogP contribution >= 0.6 is 15.9 Å². The zero-order valence-electron chi connectivity index (χ0n) is 13.3. The van der Waals surface area contributed by atoms with Gasteiger partial charge in [-0.1, -0.05) is 15.9 Å². The second-order valence-electron chi connectivity index (χ2n) is 6.02. The van der Waals surface area contributed by atoms with Crippen LogP contribution in [-0.2, 0) is 4.74 Å². The van der Waals surface area contributed by atoms with E-state index >= 15 is 0 Å². The molecule has 124 valence electrons. The fourth-order valence-electron chi connectivity index (χ4n) is 1.67. The Kier molecular flexibility index (Phi) is 7.68. The highest BCUT2D eigenvalue weighted by Gasteiger charge is 2.17. The smallest absolute Gasteiger partial charge is 0.407 e. The number of hydrogen-bond donors (Lipinski definition) is 2. The van der Waals surface area contributed by atoms with Crippen LogP contribution in [0.25, 0.3) is 0 Å². The number of amides is 1. The molecule has 0 aliphatic carbocycles. The van der Waals surface area contributed by atoms with Gasteiger partial charge in [-0.25, -0.2) is 4.79 Å². The van der Waals surface area contributed by atoms with Crippen molar-refractivity contribution < 1.29 is 19.4 Å². The number of halogens is 1. The highest BCUT2D eigenvalue weighted by molar-refractivity contribution is 9.10. The molecule has 1 unspecified atom stereocenters. The number of aliphatic hydroxyl groups excluding tert-OH is 1. The molecule has 0 aromatic heterocycles. The summed E-state index contributed by atoms with van der Waals surface area (Å²) in [4.78, 5) is 11.6. The SMILES string of the molecule is CC(C)(C)OC(=O)NCC(CO)CCOc1ccc(Br)cc1. The van der Waals surface area contributed by atoms with Crippen molar-refractivity contribution >= 4 is 22.0 Å².